The van der Waals surface area contributed by atoms with Crippen LogP contribution >= 0.6 is 11.3 Å². The molecule has 212 valence electrons. The van der Waals surface area contributed by atoms with Crippen molar-refractivity contribution in [3.05, 3.63) is 107 Å². The molecule has 2 amide bonds. The van der Waals surface area contributed by atoms with Crippen LogP contribution in [0.15, 0.2) is 96.5 Å². The van der Waals surface area contributed by atoms with Gasteiger partial charge >= 0.3 is 5.97 Å². The summed E-state index contributed by atoms with van der Waals surface area (Å²) in [5.41, 5.74) is 2.72. The standard InChI is InChI=1S/C32H34N4O4S/c37-30(13-5-7-19-34-29-12-4-6-18-33-29)35-28(21-26-11-8-20-41-26)32(40)36-27(22-31(38)39)25-16-14-24(15-17-25)23-9-2-1-3-10-23/h1-4,6,8-12,14-18,20,27-28H,5,7,13,19,21-22H2,(H,33,34)(H,35,37)(H,36,40)(H,38,39)/t27?,28-/m0/s1. The molecule has 0 spiro atoms. The highest BCUT2D eigenvalue weighted by Crippen LogP contribution is 2.24. The average molecular weight is 571 g/mol. The van der Waals surface area contributed by atoms with Crippen LogP contribution in [-0.4, -0.2) is 40.5 Å². The van der Waals surface area contributed by atoms with Gasteiger partial charge in [-0.15, -0.1) is 11.3 Å². The quantitative estimate of drug-likeness (QED) is 0.141. The molecule has 0 radical (unpaired) electrons. The summed E-state index contributed by atoms with van der Waals surface area (Å²) in [7, 11) is 0. The van der Waals surface area contributed by atoms with E-state index >= 15 is 0 Å². The van der Waals surface area contributed by atoms with E-state index in [1.54, 1.807) is 6.20 Å². The highest BCUT2D eigenvalue weighted by molar-refractivity contribution is 7.09. The molecular formula is C32H34N4O4S. The molecule has 0 bridgehead atoms. The Labute approximate surface area is 243 Å². The molecule has 41 heavy (non-hydrogen) atoms. The van der Waals surface area contributed by atoms with Crippen LogP contribution in [0.4, 0.5) is 5.82 Å². The van der Waals surface area contributed by atoms with Gasteiger partial charge in [-0.1, -0.05) is 66.7 Å². The first-order chi connectivity index (χ1) is 20.0. The van der Waals surface area contributed by atoms with Crippen molar-refractivity contribution < 1.29 is 19.5 Å². The van der Waals surface area contributed by atoms with Crippen LogP contribution in [0.2, 0.25) is 0 Å². The number of hydrogen-bond donors (Lipinski definition) is 4. The molecule has 4 rings (SSSR count). The molecule has 8 nitrogen and oxygen atoms in total. The van der Waals surface area contributed by atoms with Gasteiger partial charge in [-0.05, 0) is 53.1 Å². The molecule has 2 aromatic carbocycles. The SMILES string of the molecule is O=C(O)CC(NC(=O)[C@H](Cc1cccs1)NC(=O)CCCCNc1ccccn1)c1ccc(-c2ccccc2)cc1. The lowest BCUT2D eigenvalue weighted by molar-refractivity contribution is -0.138. The molecule has 4 N–H and O–H groups in total. The molecule has 0 aliphatic carbocycles. The van der Waals surface area contributed by atoms with Crippen LogP contribution in [-0.2, 0) is 20.8 Å². The zero-order chi connectivity index (χ0) is 28.9. The lowest BCUT2D eigenvalue weighted by Crippen LogP contribution is -2.49. The third-order valence-electron chi connectivity index (χ3n) is 6.55. The van der Waals surface area contributed by atoms with Crippen molar-refractivity contribution in [3.63, 3.8) is 0 Å². The largest absolute Gasteiger partial charge is 0.481 e. The number of aromatic nitrogens is 1. The number of carboxylic acid groups (broad SMARTS) is 1. The van der Waals surface area contributed by atoms with Gasteiger partial charge in [0.15, 0.2) is 0 Å². The smallest absolute Gasteiger partial charge is 0.305 e. The maximum absolute atomic E-state index is 13.5. The first-order valence-electron chi connectivity index (χ1n) is 13.6. The maximum Gasteiger partial charge on any atom is 0.305 e. The molecule has 4 aromatic rings. The second-order valence-electron chi connectivity index (χ2n) is 9.65. The van der Waals surface area contributed by atoms with Crippen molar-refractivity contribution in [1.29, 1.82) is 0 Å². The Morgan fingerprint density at radius 2 is 1.59 bits per heavy atom. The number of unbranched alkanes of at least 4 members (excludes halogenated alkanes) is 1. The predicted octanol–water partition coefficient (Wildman–Crippen LogP) is 5.45. The van der Waals surface area contributed by atoms with E-state index in [0.29, 0.717) is 24.9 Å². The van der Waals surface area contributed by atoms with Crippen molar-refractivity contribution >= 4 is 34.9 Å². The minimum atomic E-state index is -1.03. The molecule has 0 fully saturated rings. The molecule has 0 saturated heterocycles. The van der Waals surface area contributed by atoms with E-state index in [1.807, 2.05) is 90.3 Å². The summed E-state index contributed by atoms with van der Waals surface area (Å²) in [5.74, 6) is -0.876. The van der Waals surface area contributed by atoms with Gasteiger partial charge in [0.05, 0.1) is 12.5 Å². The van der Waals surface area contributed by atoms with Gasteiger partial charge in [-0.3, -0.25) is 14.4 Å². The summed E-state index contributed by atoms with van der Waals surface area (Å²) < 4.78 is 0. The molecule has 2 aromatic heterocycles. The number of benzene rings is 2. The predicted molar refractivity (Wildman–Crippen MR) is 162 cm³/mol. The Hall–Kier alpha value is -4.50. The van der Waals surface area contributed by atoms with E-state index in [0.717, 1.165) is 28.2 Å². The number of anilines is 1. The van der Waals surface area contributed by atoms with Crippen molar-refractivity contribution in [1.82, 2.24) is 15.6 Å². The molecule has 1 unspecified atom stereocenters. The Morgan fingerprint density at radius 3 is 2.27 bits per heavy atom. The number of pyridine rings is 1. The fraction of sp³-hybridized carbons (Fsp3) is 0.250. The second kappa shape index (κ2) is 15.3. The second-order valence-corrected chi connectivity index (χ2v) is 10.7. The fourth-order valence-electron chi connectivity index (χ4n) is 4.44. The van der Waals surface area contributed by atoms with Gasteiger partial charge in [0.25, 0.3) is 0 Å². The summed E-state index contributed by atoms with van der Waals surface area (Å²) in [5, 5.41) is 20.5. The first kappa shape index (κ1) is 29.5. The minimum absolute atomic E-state index is 0.221. The van der Waals surface area contributed by atoms with E-state index in [4.69, 9.17) is 0 Å². The molecule has 0 aliphatic rings. The number of nitrogens with zero attached hydrogens (tertiary/aromatic N) is 1. The molecular weight excluding hydrogens is 536 g/mol. The molecule has 9 heteroatoms. The minimum Gasteiger partial charge on any atom is -0.481 e. The number of carbonyl (C=O) groups excluding carboxylic acids is 2. The third-order valence-corrected chi connectivity index (χ3v) is 7.45. The third kappa shape index (κ3) is 9.58. The summed E-state index contributed by atoms with van der Waals surface area (Å²) in [6.45, 7) is 0.684. The maximum atomic E-state index is 13.5. The average Bonchev–Trinajstić information content (AvgIpc) is 3.50. The van der Waals surface area contributed by atoms with Crippen molar-refractivity contribution in [2.75, 3.05) is 11.9 Å². The van der Waals surface area contributed by atoms with Crippen LogP contribution in [0.3, 0.4) is 0 Å². The Bertz CT molecular complexity index is 1380. The monoisotopic (exact) mass is 570 g/mol. The van der Waals surface area contributed by atoms with Crippen LogP contribution in [0, 0.1) is 0 Å². The summed E-state index contributed by atoms with van der Waals surface area (Å²) in [6.07, 6.45) is 3.45. The Morgan fingerprint density at radius 1 is 0.829 bits per heavy atom. The Kier molecular flexibility index (Phi) is 11.0. The number of amides is 2. The van der Waals surface area contributed by atoms with E-state index in [-0.39, 0.29) is 18.7 Å². The number of aliphatic carboxylic acids is 1. The van der Waals surface area contributed by atoms with Crippen LogP contribution in [0.25, 0.3) is 11.1 Å². The topological polar surface area (TPSA) is 120 Å². The highest BCUT2D eigenvalue weighted by Gasteiger charge is 2.26. The number of thiophene rings is 1. The summed E-state index contributed by atoms with van der Waals surface area (Å²) in [4.78, 5) is 43.1. The number of rotatable bonds is 15. The van der Waals surface area contributed by atoms with E-state index in [2.05, 4.69) is 20.9 Å². The number of nitrogens with one attached hydrogen (secondary N) is 3. The van der Waals surface area contributed by atoms with Crippen LogP contribution in [0.5, 0.6) is 0 Å². The van der Waals surface area contributed by atoms with Crippen molar-refractivity contribution in [2.24, 2.45) is 0 Å². The van der Waals surface area contributed by atoms with E-state index < -0.39 is 24.0 Å². The molecule has 0 aliphatic heterocycles. The van der Waals surface area contributed by atoms with Gasteiger partial charge in [-0.25, -0.2) is 4.98 Å². The van der Waals surface area contributed by atoms with Gasteiger partial charge < -0.3 is 21.1 Å². The fourth-order valence-corrected chi connectivity index (χ4v) is 5.19. The zero-order valence-corrected chi connectivity index (χ0v) is 23.5. The van der Waals surface area contributed by atoms with Gasteiger partial charge in [0.1, 0.15) is 11.9 Å². The normalized spacial score (nSPS) is 12.2. The summed E-state index contributed by atoms with van der Waals surface area (Å²) in [6, 6.07) is 25.2. The number of carboxylic acids is 1. The van der Waals surface area contributed by atoms with E-state index in [9.17, 15) is 19.5 Å². The molecule has 2 heterocycles. The zero-order valence-electron chi connectivity index (χ0n) is 22.7. The lowest BCUT2D eigenvalue weighted by Gasteiger charge is -2.23. The highest BCUT2D eigenvalue weighted by atomic mass is 32.1. The molecule has 2 atom stereocenters. The van der Waals surface area contributed by atoms with Crippen molar-refractivity contribution in [2.45, 2.75) is 44.2 Å². The molecule has 0 saturated carbocycles. The first-order valence-corrected chi connectivity index (χ1v) is 14.5. The van der Waals surface area contributed by atoms with Crippen molar-refractivity contribution in [3.8, 4) is 11.1 Å². The number of hydrogen-bond acceptors (Lipinski definition) is 6. The van der Waals surface area contributed by atoms with Crippen LogP contribution < -0.4 is 16.0 Å². The van der Waals surface area contributed by atoms with E-state index in [1.165, 1.54) is 11.3 Å². The number of carbonyl (C=O) groups is 3. The lowest BCUT2D eigenvalue weighted by atomic mass is 9.98. The summed E-state index contributed by atoms with van der Waals surface area (Å²) >= 11 is 1.50. The van der Waals surface area contributed by atoms with Crippen LogP contribution in [0.1, 0.15) is 42.2 Å². The van der Waals surface area contributed by atoms with Gasteiger partial charge in [0, 0.05) is 30.5 Å². The Balaban J connectivity index is 1.37. The van der Waals surface area contributed by atoms with Gasteiger partial charge in [-0.2, -0.15) is 0 Å². The van der Waals surface area contributed by atoms with Gasteiger partial charge in [0.2, 0.25) is 11.8 Å².